The van der Waals surface area contributed by atoms with Gasteiger partial charge >= 0.3 is 0 Å². The molecule has 1 N–H and O–H groups in total. The van der Waals surface area contributed by atoms with Crippen molar-refractivity contribution >= 4 is 11.6 Å². The van der Waals surface area contributed by atoms with Crippen LogP contribution in [0.2, 0.25) is 5.02 Å². The summed E-state index contributed by atoms with van der Waals surface area (Å²) in [4.78, 5) is 0. The highest BCUT2D eigenvalue weighted by atomic mass is 35.5. The lowest BCUT2D eigenvalue weighted by molar-refractivity contribution is 0.414. The lowest BCUT2D eigenvalue weighted by atomic mass is 9.97. The van der Waals surface area contributed by atoms with Crippen LogP contribution in [0, 0.1) is 0 Å². The van der Waals surface area contributed by atoms with E-state index < -0.39 is 0 Å². The quantitative estimate of drug-likeness (QED) is 0.875. The van der Waals surface area contributed by atoms with E-state index in [0.29, 0.717) is 17.0 Å². The average Bonchev–Trinajstić information content (AvgIpc) is 2.78. The molecule has 2 unspecified atom stereocenters. The number of nitrogens with one attached hydrogen (secondary N) is 1. The molecule has 2 atom stereocenters. The molecule has 2 nitrogen and oxygen atoms in total. The standard InChI is InChI=1S/C13H18ClNO/c1-15-11-5-3-9(7-11)10-4-6-12(14)13(8-10)16-2/h4,6,8-9,11,15H,3,5,7H2,1-2H3. The molecule has 1 aromatic rings. The topological polar surface area (TPSA) is 21.3 Å². The second-order valence-electron chi connectivity index (χ2n) is 4.39. The molecule has 0 aromatic heterocycles. The lowest BCUT2D eigenvalue weighted by Crippen LogP contribution is -2.21. The molecule has 0 heterocycles. The van der Waals surface area contributed by atoms with E-state index in [1.807, 2.05) is 13.1 Å². The van der Waals surface area contributed by atoms with Crippen LogP contribution in [0.3, 0.4) is 0 Å². The van der Waals surface area contributed by atoms with Gasteiger partial charge in [-0.05, 0) is 49.9 Å². The number of hydrogen-bond acceptors (Lipinski definition) is 2. The molecule has 2 rings (SSSR count). The fourth-order valence-electron chi connectivity index (χ4n) is 2.48. The third-order valence-corrected chi connectivity index (χ3v) is 3.80. The van der Waals surface area contributed by atoms with Crippen LogP contribution in [0.15, 0.2) is 18.2 Å². The van der Waals surface area contributed by atoms with Gasteiger partial charge < -0.3 is 10.1 Å². The summed E-state index contributed by atoms with van der Waals surface area (Å²) in [5, 5.41) is 4.04. The van der Waals surface area contributed by atoms with Crippen LogP contribution in [-0.4, -0.2) is 20.2 Å². The van der Waals surface area contributed by atoms with Gasteiger partial charge in [0.2, 0.25) is 0 Å². The number of rotatable bonds is 3. The largest absolute Gasteiger partial charge is 0.495 e. The molecule has 0 spiro atoms. The number of ether oxygens (including phenoxy) is 1. The van der Waals surface area contributed by atoms with E-state index >= 15 is 0 Å². The van der Waals surface area contributed by atoms with E-state index in [1.165, 1.54) is 24.8 Å². The van der Waals surface area contributed by atoms with E-state index in [4.69, 9.17) is 16.3 Å². The lowest BCUT2D eigenvalue weighted by Gasteiger charge is -2.13. The Kier molecular flexibility index (Phi) is 3.72. The zero-order valence-electron chi connectivity index (χ0n) is 9.79. The molecule has 0 amide bonds. The fraction of sp³-hybridized carbons (Fsp3) is 0.538. The molecule has 0 aliphatic heterocycles. The third-order valence-electron chi connectivity index (χ3n) is 3.49. The fourth-order valence-corrected chi connectivity index (χ4v) is 2.67. The van der Waals surface area contributed by atoms with Crippen LogP contribution in [0.5, 0.6) is 5.75 Å². The van der Waals surface area contributed by atoms with Gasteiger partial charge in [0, 0.05) is 6.04 Å². The Morgan fingerprint density at radius 2 is 2.19 bits per heavy atom. The predicted octanol–water partition coefficient (Wildman–Crippen LogP) is 3.20. The smallest absolute Gasteiger partial charge is 0.137 e. The van der Waals surface area contributed by atoms with Gasteiger partial charge in [-0.1, -0.05) is 17.7 Å². The SMILES string of the molecule is CNC1CCC(c2ccc(Cl)c(OC)c2)C1. The van der Waals surface area contributed by atoms with E-state index in [2.05, 4.69) is 17.4 Å². The summed E-state index contributed by atoms with van der Waals surface area (Å²) in [5.74, 6) is 1.43. The van der Waals surface area contributed by atoms with Gasteiger partial charge in [-0.2, -0.15) is 0 Å². The molecule has 0 radical (unpaired) electrons. The van der Waals surface area contributed by atoms with Crippen molar-refractivity contribution in [1.29, 1.82) is 0 Å². The summed E-state index contributed by atoms with van der Waals surface area (Å²) in [6.45, 7) is 0. The molecule has 16 heavy (non-hydrogen) atoms. The first-order valence-corrected chi connectivity index (χ1v) is 6.13. The molecular weight excluding hydrogens is 222 g/mol. The molecular formula is C13H18ClNO. The van der Waals surface area contributed by atoms with Crippen molar-refractivity contribution in [1.82, 2.24) is 5.32 Å². The van der Waals surface area contributed by atoms with Crippen LogP contribution < -0.4 is 10.1 Å². The Hall–Kier alpha value is -0.730. The highest BCUT2D eigenvalue weighted by Gasteiger charge is 2.25. The summed E-state index contributed by atoms with van der Waals surface area (Å²) in [6, 6.07) is 6.78. The Morgan fingerprint density at radius 1 is 1.38 bits per heavy atom. The van der Waals surface area contributed by atoms with Crippen LogP contribution in [0.4, 0.5) is 0 Å². The van der Waals surface area contributed by atoms with Crippen molar-refractivity contribution in [3.8, 4) is 5.75 Å². The highest BCUT2D eigenvalue weighted by Crippen LogP contribution is 2.37. The second-order valence-corrected chi connectivity index (χ2v) is 4.80. The molecule has 1 aliphatic carbocycles. The summed E-state index contributed by atoms with van der Waals surface area (Å²) in [6.07, 6.45) is 3.71. The first kappa shape index (κ1) is 11.7. The van der Waals surface area contributed by atoms with Gasteiger partial charge in [-0.15, -0.1) is 0 Å². The minimum atomic E-state index is 0.642. The van der Waals surface area contributed by atoms with Crippen LogP contribution in [0.25, 0.3) is 0 Å². The van der Waals surface area contributed by atoms with Crippen LogP contribution in [-0.2, 0) is 0 Å². The predicted molar refractivity (Wildman–Crippen MR) is 67.4 cm³/mol. The van der Waals surface area contributed by atoms with Crippen molar-refractivity contribution in [2.75, 3.05) is 14.2 Å². The minimum Gasteiger partial charge on any atom is -0.495 e. The molecule has 1 aromatic carbocycles. The Bertz CT molecular complexity index is 367. The van der Waals surface area contributed by atoms with Gasteiger partial charge in [0.05, 0.1) is 12.1 Å². The van der Waals surface area contributed by atoms with Gasteiger partial charge in [0.1, 0.15) is 5.75 Å². The molecule has 0 saturated heterocycles. The number of hydrogen-bond donors (Lipinski definition) is 1. The molecule has 1 fully saturated rings. The maximum Gasteiger partial charge on any atom is 0.137 e. The van der Waals surface area contributed by atoms with Gasteiger partial charge in [-0.3, -0.25) is 0 Å². The van der Waals surface area contributed by atoms with E-state index in [1.54, 1.807) is 7.11 Å². The zero-order valence-corrected chi connectivity index (χ0v) is 10.6. The van der Waals surface area contributed by atoms with E-state index in [9.17, 15) is 0 Å². The number of methoxy groups -OCH3 is 1. The number of benzene rings is 1. The summed E-state index contributed by atoms with van der Waals surface area (Å²) in [7, 11) is 3.70. The summed E-state index contributed by atoms with van der Waals surface area (Å²) >= 11 is 6.02. The Balaban J connectivity index is 2.15. The first-order valence-electron chi connectivity index (χ1n) is 5.75. The van der Waals surface area contributed by atoms with Gasteiger partial charge in [0.15, 0.2) is 0 Å². The van der Waals surface area contributed by atoms with Crippen molar-refractivity contribution in [3.63, 3.8) is 0 Å². The van der Waals surface area contributed by atoms with Crippen molar-refractivity contribution in [2.45, 2.75) is 31.2 Å². The van der Waals surface area contributed by atoms with Crippen LogP contribution >= 0.6 is 11.6 Å². The van der Waals surface area contributed by atoms with Gasteiger partial charge in [-0.25, -0.2) is 0 Å². The van der Waals surface area contributed by atoms with E-state index in [0.717, 1.165) is 5.75 Å². The third kappa shape index (κ3) is 2.33. The maximum absolute atomic E-state index is 6.02. The summed E-state index contributed by atoms with van der Waals surface area (Å²) in [5.41, 5.74) is 1.35. The van der Waals surface area contributed by atoms with E-state index in [-0.39, 0.29) is 0 Å². The average molecular weight is 240 g/mol. The first-order chi connectivity index (χ1) is 7.74. The molecule has 88 valence electrons. The minimum absolute atomic E-state index is 0.642. The highest BCUT2D eigenvalue weighted by molar-refractivity contribution is 6.32. The summed E-state index contributed by atoms with van der Waals surface area (Å²) < 4.78 is 5.25. The maximum atomic E-state index is 6.02. The molecule has 1 aliphatic rings. The van der Waals surface area contributed by atoms with Crippen molar-refractivity contribution < 1.29 is 4.74 Å². The molecule has 1 saturated carbocycles. The molecule has 0 bridgehead atoms. The number of halogens is 1. The zero-order chi connectivity index (χ0) is 11.5. The normalized spacial score (nSPS) is 24.7. The Morgan fingerprint density at radius 3 is 2.81 bits per heavy atom. The van der Waals surface area contributed by atoms with Crippen LogP contribution in [0.1, 0.15) is 30.7 Å². The van der Waals surface area contributed by atoms with Crippen molar-refractivity contribution in [2.24, 2.45) is 0 Å². The monoisotopic (exact) mass is 239 g/mol. The van der Waals surface area contributed by atoms with Crippen molar-refractivity contribution in [3.05, 3.63) is 28.8 Å². The second kappa shape index (κ2) is 5.07. The van der Waals surface area contributed by atoms with Gasteiger partial charge in [0.25, 0.3) is 0 Å². The molecule has 3 heteroatoms. The Labute approximate surface area is 102 Å².